The van der Waals surface area contributed by atoms with Crippen LogP contribution in [0, 0.1) is 0 Å². The van der Waals surface area contributed by atoms with Gasteiger partial charge in [-0.15, -0.1) is 34.2 Å². The SMILES string of the molecule is CCc1nncn1CCNC(=NCc1ccccc1)NCCN(C(C)C)C(C)C.I. The van der Waals surface area contributed by atoms with Crippen molar-refractivity contribution >= 4 is 29.9 Å². The number of nitrogens with one attached hydrogen (secondary N) is 2. The van der Waals surface area contributed by atoms with Crippen molar-refractivity contribution in [2.75, 3.05) is 19.6 Å². The summed E-state index contributed by atoms with van der Waals surface area (Å²) in [5, 5.41) is 15.1. The van der Waals surface area contributed by atoms with Crippen molar-refractivity contribution in [2.45, 2.75) is 66.2 Å². The summed E-state index contributed by atoms with van der Waals surface area (Å²) < 4.78 is 2.08. The number of rotatable bonds is 11. The average Bonchev–Trinajstić information content (AvgIpc) is 3.16. The zero-order valence-corrected chi connectivity index (χ0v) is 21.3. The second-order valence-electron chi connectivity index (χ2n) is 7.72. The van der Waals surface area contributed by atoms with E-state index in [-0.39, 0.29) is 24.0 Å². The molecule has 0 saturated carbocycles. The molecule has 0 unspecified atom stereocenters. The summed E-state index contributed by atoms with van der Waals surface area (Å²) in [5.41, 5.74) is 1.20. The third-order valence-electron chi connectivity index (χ3n) is 4.91. The van der Waals surface area contributed by atoms with Crippen LogP contribution >= 0.6 is 24.0 Å². The maximum Gasteiger partial charge on any atom is 0.191 e. The monoisotopic (exact) mass is 527 g/mol. The summed E-state index contributed by atoms with van der Waals surface area (Å²) >= 11 is 0. The number of guanidine groups is 1. The van der Waals surface area contributed by atoms with Crippen molar-refractivity contribution in [3.05, 3.63) is 48.0 Å². The van der Waals surface area contributed by atoms with Crippen LogP contribution < -0.4 is 10.6 Å². The number of aromatic nitrogens is 3. The Kier molecular flexibility index (Phi) is 12.6. The molecular formula is C22H38IN7. The van der Waals surface area contributed by atoms with Crippen LogP contribution in [0.3, 0.4) is 0 Å². The van der Waals surface area contributed by atoms with Gasteiger partial charge in [-0.2, -0.15) is 0 Å². The summed E-state index contributed by atoms with van der Waals surface area (Å²) in [6.07, 6.45) is 2.67. The molecule has 1 heterocycles. The summed E-state index contributed by atoms with van der Waals surface area (Å²) in [6.45, 7) is 15.1. The van der Waals surface area contributed by atoms with Crippen LogP contribution in [0.4, 0.5) is 0 Å². The molecule has 2 N–H and O–H groups in total. The van der Waals surface area contributed by atoms with E-state index in [2.05, 4.69) is 77.0 Å². The minimum absolute atomic E-state index is 0. The Labute approximate surface area is 198 Å². The third-order valence-corrected chi connectivity index (χ3v) is 4.91. The zero-order valence-electron chi connectivity index (χ0n) is 19.0. The van der Waals surface area contributed by atoms with E-state index < -0.39 is 0 Å². The number of hydrogen-bond donors (Lipinski definition) is 2. The summed E-state index contributed by atoms with van der Waals surface area (Å²) in [4.78, 5) is 7.26. The summed E-state index contributed by atoms with van der Waals surface area (Å²) in [5.74, 6) is 1.85. The summed E-state index contributed by atoms with van der Waals surface area (Å²) in [6, 6.07) is 11.4. The molecule has 30 heavy (non-hydrogen) atoms. The molecule has 0 atom stereocenters. The highest BCUT2D eigenvalue weighted by molar-refractivity contribution is 14.0. The third kappa shape index (κ3) is 8.99. The van der Waals surface area contributed by atoms with Gasteiger partial charge in [0.2, 0.25) is 0 Å². The van der Waals surface area contributed by atoms with Gasteiger partial charge < -0.3 is 15.2 Å². The van der Waals surface area contributed by atoms with Crippen LogP contribution in [0.25, 0.3) is 0 Å². The van der Waals surface area contributed by atoms with Crippen LogP contribution in [0.1, 0.15) is 46.0 Å². The first-order valence-electron chi connectivity index (χ1n) is 10.7. The van der Waals surface area contributed by atoms with E-state index in [1.165, 1.54) is 5.56 Å². The number of benzene rings is 1. The van der Waals surface area contributed by atoms with Gasteiger partial charge in [-0.1, -0.05) is 37.3 Å². The Morgan fingerprint density at radius 1 is 1.07 bits per heavy atom. The Morgan fingerprint density at radius 2 is 1.73 bits per heavy atom. The van der Waals surface area contributed by atoms with Gasteiger partial charge in [-0.25, -0.2) is 4.99 Å². The summed E-state index contributed by atoms with van der Waals surface area (Å²) in [7, 11) is 0. The minimum Gasteiger partial charge on any atom is -0.355 e. The highest BCUT2D eigenvalue weighted by Crippen LogP contribution is 2.03. The lowest BCUT2D eigenvalue weighted by molar-refractivity contribution is 0.178. The van der Waals surface area contributed by atoms with E-state index in [1.54, 1.807) is 6.33 Å². The molecule has 2 rings (SSSR count). The van der Waals surface area contributed by atoms with Gasteiger partial charge in [0.1, 0.15) is 12.2 Å². The largest absolute Gasteiger partial charge is 0.355 e. The molecule has 168 valence electrons. The Hall–Kier alpha value is -1.68. The lowest BCUT2D eigenvalue weighted by atomic mass is 10.2. The second-order valence-corrected chi connectivity index (χ2v) is 7.72. The predicted molar refractivity (Wildman–Crippen MR) is 135 cm³/mol. The van der Waals surface area contributed by atoms with Crippen molar-refractivity contribution in [1.82, 2.24) is 30.3 Å². The van der Waals surface area contributed by atoms with Crippen molar-refractivity contribution in [3.63, 3.8) is 0 Å². The fourth-order valence-electron chi connectivity index (χ4n) is 3.38. The highest BCUT2D eigenvalue weighted by Gasteiger charge is 2.12. The Morgan fingerprint density at radius 3 is 2.37 bits per heavy atom. The standard InChI is InChI=1S/C22H37N7.HI/c1-6-21-27-26-17-28(21)14-12-23-22(25-16-20-10-8-7-9-11-20)24-13-15-29(18(2)3)19(4)5;/h7-11,17-19H,6,12-16H2,1-5H3,(H2,23,24,25);1H. The first-order valence-corrected chi connectivity index (χ1v) is 10.7. The van der Waals surface area contributed by atoms with E-state index in [4.69, 9.17) is 4.99 Å². The molecule has 0 saturated heterocycles. The van der Waals surface area contributed by atoms with Crippen molar-refractivity contribution in [1.29, 1.82) is 0 Å². The predicted octanol–water partition coefficient (Wildman–Crippen LogP) is 3.31. The van der Waals surface area contributed by atoms with Crippen LogP contribution in [0.2, 0.25) is 0 Å². The van der Waals surface area contributed by atoms with Gasteiger partial charge in [0, 0.05) is 44.7 Å². The van der Waals surface area contributed by atoms with E-state index >= 15 is 0 Å². The van der Waals surface area contributed by atoms with E-state index in [0.29, 0.717) is 18.6 Å². The van der Waals surface area contributed by atoms with Crippen LogP contribution in [0.15, 0.2) is 41.7 Å². The lowest BCUT2D eigenvalue weighted by Crippen LogP contribution is -2.45. The fourth-order valence-corrected chi connectivity index (χ4v) is 3.38. The molecule has 2 aromatic rings. The first kappa shape index (κ1) is 26.4. The van der Waals surface area contributed by atoms with Gasteiger partial charge in [-0.05, 0) is 33.3 Å². The average molecular weight is 527 g/mol. The van der Waals surface area contributed by atoms with Gasteiger partial charge in [0.15, 0.2) is 5.96 Å². The van der Waals surface area contributed by atoms with Crippen LogP contribution in [-0.4, -0.2) is 57.3 Å². The van der Waals surface area contributed by atoms with Crippen molar-refractivity contribution < 1.29 is 0 Å². The molecule has 0 aliphatic heterocycles. The molecule has 0 aliphatic carbocycles. The van der Waals surface area contributed by atoms with Crippen molar-refractivity contribution in [3.8, 4) is 0 Å². The van der Waals surface area contributed by atoms with Gasteiger partial charge in [-0.3, -0.25) is 4.90 Å². The molecule has 0 spiro atoms. The normalized spacial score (nSPS) is 11.8. The topological polar surface area (TPSA) is 70.4 Å². The molecule has 0 fully saturated rings. The smallest absolute Gasteiger partial charge is 0.191 e. The number of aliphatic imine (C=N–C) groups is 1. The molecule has 0 bridgehead atoms. The van der Waals surface area contributed by atoms with Gasteiger partial charge >= 0.3 is 0 Å². The molecule has 1 aromatic carbocycles. The van der Waals surface area contributed by atoms with Crippen molar-refractivity contribution in [2.24, 2.45) is 4.99 Å². The molecule has 8 heteroatoms. The van der Waals surface area contributed by atoms with E-state index in [9.17, 15) is 0 Å². The molecular weight excluding hydrogens is 489 g/mol. The maximum absolute atomic E-state index is 4.78. The Bertz CT molecular complexity index is 720. The van der Waals surface area contributed by atoms with Crippen LogP contribution in [0.5, 0.6) is 0 Å². The number of nitrogens with zero attached hydrogens (tertiary/aromatic N) is 5. The second kappa shape index (κ2) is 14.3. The minimum atomic E-state index is 0. The number of hydrogen-bond acceptors (Lipinski definition) is 4. The Balaban J connectivity index is 0.00000450. The molecule has 1 aromatic heterocycles. The maximum atomic E-state index is 4.78. The van der Waals surface area contributed by atoms with E-state index in [0.717, 1.165) is 44.4 Å². The lowest BCUT2D eigenvalue weighted by Gasteiger charge is -2.30. The molecule has 0 radical (unpaired) electrons. The van der Waals surface area contributed by atoms with Gasteiger partial charge in [0.05, 0.1) is 6.54 Å². The molecule has 0 aliphatic rings. The number of aryl methyl sites for hydroxylation is 1. The molecule has 0 amide bonds. The fraction of sp³-hybridized carbons (Fsp3) is 0.591. The zero-order chi connectivity index (χ0) is 21.1. The van der Waals surface area contributed by atoms with E-state index in [1.807, 2.05) is 18.2 Å². The quantitative estimate of drug-likeness (QED) is 0.267. The first-order chi connectivity index (χ1) is 14.0. The molecule has 7 nitrogen and oxygen atoms in total. The highest BCUT2D eigenvalue weighted by atomic mass is 127. The van der Waals surface area contributed by atoms with Gasteiger partial charge in [0.25, 0.3) is 0 Å². The number of halogens is 1. The van der Waals surface area contributed by atoms with Crippen LogP contribution in [-0.2, 0) is 19.5 Å².